The molecule has 0 spiro atoms. The molecule has 20 heavy (non-hydrogen) atoms. The lowest BCUT2D eigenvalue weighted by Gasteiger charge is -2.15. The Bertz CT molecular complexity index is 553. The first-order chi connectivity index (χ1) is 9.83. The van der Waals surface area contributed by atoms with Crippen molar-refractivity contribution in [2.45, 2.75) is 32.4 Å². The van der Waals surface area contributed by atoms with E-state index in [-0.39, 0.29) is 0 Å². The number of ether oxygens (including phenoxy) is 1. The summed E-state index contributed by atoms with van der Waals surface area (Å²) in [5, 5.41) is 11.3. The quantitative estimate of drug-likeness (QED) is 0.817. The minimum absolute atomic E-state index is 0.358. The van der Waals surface area contributed by atoms with Crippen LogP contribution in [0.2, 0.25) is 0 Å². The van der Waals surface area contributed by atoms with Gasteiger partial charge in [-0.2, -0.15) is 0 Å². The van der Waals surface area contributed by atoms with Gasteiger partial charge in [0.15, 0.2) is 0 Å². The van der Waals surface area contributed by atoms with Crippen molar-refractivity contribution >= 4 is 0 Å². The highest BCUT2D eigenvalue weighted by Crippen LogP contribution is 2.27. The Morgan fingerprint density at radius 2 is 2.40 bits per heavy atom. The van der Waals surface area contributed by atoms with E-state index in [1.54, 1.807) is 6.20 Å². The zero-order valence-electron chi connectivity index (χ0n) is 11.7. The van der Waals surface area contributed by atoms with Crippen LogP contribution in [0.1, 0.15) is 30.5 Å². The van der Waals surface area contributed by atoms with Gasteiger partial charge in [-0.15, -0.1) is 5.10 Å². The molecule has 3 rings (SSSR count). The Morgan fingerprint density at radius 1 is 1.45 bits per heavy atom. The Balaban J connectivity index is 1.48. The van der Waals surface area contributed by atoms with Crippen molar-refractivity contribution in [2.75, 3.05) is 13.2 Å². The minimum atomic E-state index is 0.358. The minimum Gasteiger partial charge on any atom is -0.493 e. The summed E-state index contributed by atoms with van der Waals surface area (Å²) in [5.74, 6) is 1.05. The van der Waals surface area contributed by atoms with Gasteiger partial charge in [-0.05, 0) is 37.1 Å². The Kier molecular flexibility index (Phi) is 3.97. The van der Waals surface area contributed by atoms with Crippen LogP contribution in [0.15, 0.2) is 30.6 Å². The highest BCUT2D eigenvalue weighted by atomic mass is 16.5. The number of hydrogen-bond donors (Lipinski definition) is 1. The highest BCUT2D eigenvalue weighted by molar-refractivity contribution is 5.40. The monoisotopic (exact) mass is 272 g/mol. The van der Waals surface area contributed by atoms with Crippen molar-refractivity contribution in [2.24, 2.45) is 0 Å². The second kappa shape index (κ2) is 6.05. The van der Waals surface area contributed by atoms with Crippen LogP contribution in [0.3, 0.4) is 0 Å². The number of aryl methyl sites for hydroxylation is 1. The number of rotatable bonds is 6. The molecular weight excluding hydrogens is 252 g/mol. The summed E-state index contributed by atoms with van der Waals surface area (Å²) in [5.41, 5.74) is 2.66. The molecule has 2 aromatic rings. The first-order valence-corrected chi connectivity index (χ1v) is 7.16. The number of aromatic nitrogens is 3. The summed E-state index contributed by atoms with van der Waals surface area (Å²) in [4.78, 5) is 0. The van der Waals surface area contributed by atoms with Gasteiger partial charge in [-0.25, -0.2) is 0 Å². The van der Waals surface area contributed by atoms with Gasteiger partial charge in [-0.1, -0.05) is 17.3 Å². The number of fused-ring (bicyclic) bond motifs is 1. The summed E-state index contributed by atoms with van der Waals surface area (Å²) < 4.78 is 7.40. The van der Waals surface area contributed by atoms with Crippen molar-refractivity contribution < 1.29 is 4.74 Å². The van der Waals surface area contributed by atoms with E-state index in [0.717, 1.165) is 38.3 Å². The predicted octanol–water partition coefficient (Wildman–Crippen LogP) is 1.95. The first kappa shape index (κ1) is 13.1. The molecule has 1 aliphatic rings. The van der Waals surface area contributed by atoms with Crippen LogP contribution in [0.5, 0.6) is 5.75 Å². The van der Waals surface area contributed by atoms with Gasteiger partial charge in [0.1, 0.15) is 5.75 Å². The summed E-state index contributed by atoms with van der Waals surface area (Å²) in [6.07, 6.45) is 5.68. The van der Waals surface area contributed by atoms with Gasteiger partial charge in [-0.3, -0.25) is 4.68 Å². The molecule has 1 aromatic heterocycles. The second-order valence-electron chi connectivity index (χ2n) is 5.16. The molecule has 1 aromatic carbocycles. The third-order valence-corrected chi connectivity index (χ3v) is 3.70. The van der Waals surface area contributed by atoms with Crippen LogP contribution in [0.4, 0.5) is 0 Å². The molecule has 5 heteroatoms. The molecule has 0 radical (unpaired) electrons. The molecular formula is C15H20N4O. The number of nitrogens with one attached hydrogen (secondary N) is 1. The number of nitrogens with zero attached hydrogens (tertiary/aromatic N) is 3. The van der Waals surface area contributed by atoms with Gasteiger partial charge in [0.2, 0.25) is 0 Å². The number of benzene rings is 1. The average molecular weight is 272 g/mol. The van der Waals surface area contributed by atoms with Crippen LogP contribution in [0.25, 0.3) is 0 Å². The number of hydrogen-bond acceptors (Lipinski definition) is 4. The highest BCUT2D eigenvalue weighted by Gasteiger charge is 2.14. The molecule has 1 atom stereocenters. The van der Waals surface area contributed by atoms with E-state index in [1.165, 1.54) is 11.1 Å². The van der Waals surface area contributed by atoms with Crippen LogP contribution >= 0.6 is 0 Å². The van der Waals surface area contributed by atoms with Gasteiger partial charge >= 0.3 is 0 Å². The van der Waals surface area contributed by atoms with Crippen molar-refractivity contribution in [1.82, 2.24) is 20.3 Å². The van der Waals surface area contributed by atoms with E-state index < -0.39 is 0 Å². The van der Waals surface area contributed by atoms with Crippen LogP contribution in [-0.4, -0.2) is 28.1 Å². The Morgan fingerprint density at radius 3 is 3.25 bits per heavy atom. The zero-order valence-corrected chi connectivity index (χ0v) is 11.7. The van der Waals surface area contributed by atoms with E-state index in [4.69, 9.17) is 4.74 Å². The first-order valence-electron chi connectivity index (χ1n) is 7.16. The molecule has 0 aliphatic carbocycles. The van der Waals surface area contributed by atoms with Crippen molar-refractivity contribution in [3.8, 4) is 5.75 Å². The van der Waals surface area contributed by atoms with E-state index >= 15 is 0 Å². The fraction of sp³-hybridized carbons (Fsp3) is 0.467. The van der Waals surface area contributed by atoms with Crippen molar-refractivity contribution in [3.63, 3.8) is 0 Å². The van der Waals surface area contributed by atoms with Crippen LogP contribution in [-0.2, 0) is 13.0 Å². The summed E-state index contributed by atoms with van der Waals surface area (Å²) in [6.45, 7) is 4.89. The average Bonchev–Trinajstić information content (AvgIpc) is 3.13. The Labute approximate surface area is 118 Å². The van der Waals surface area contributed by atoms with Crippen molar-refractivity contribution in [1.29, 1.82) is 0 Å². The normalized spacial score (nSPS) is 14.8. The molecule has 2 heterocycles. The Hall–Kier alpha value is -1.88. The summed E-state index contributed by atoms with van der Waals surface area (Å²) in [6, 6.07) is 6.86. The lowest BCUT2D eigenvalue weighted by Crippen LogP contribution is -2.21. The maximum Gasteiger partial charge on any atom is 0.122 e. The molecule has 0 fully saturated rings. The summed E-state index contributed by atoms with van der Waals surface area (Å²) >= 11 is 0. The van der Waals surface area contributed by atoms with Crippen molar-refractivity contribution in [3.05, 3.63) is 41.7 Å². The van der Waals surface area contributed by atoms with Crippen LogP contribution < -0.4 is 10.1 Å². The molecule has 5 nitrogen and oxygen atoms in total. The molecule has 0 bridgehead atoms. The smallest absolute Gasteiger partial charge is 0.122 e. The fourth-order valence-corrected chi connectivity index (χ4v) is 2.51. The van der Waals surface area contributed by atoms with Gasteiger partial charge in [0.05, 0.1) is 12.8 Å². The summed E-state index contributed by atoms with van der Waals surface area (Å²) in [7, 11) is 0. The van der Waals surface area contributed by atoms with Gasteiger partial charge in [0, 0.05) is 25.2 Å². The van der Waals surface area contributed by atoms with Gasteiger partial charge < -0.3 is 10.1 Å². The molecule has 1 N–H and O–H groups in total. The lowest BCUT2D eigenvalue weighted by molar-refractivity contribution is 0.356. The molecule has 0 amide bonds. The molecule has 1 aliphatic heterocycles. The van der Waals surface area contributed by atoms with E-state index in [1.807, 2.05) is 10.9 Å². The standard InChI is InChI=1S/C15H20N4O/c1-12(16-6-2-8-19-9-7-17-18-19)13-3-4-15-14(11-13)5-10-20-15/h3-4,7,9,11-12,16H,2,5-6,8,10H2,1H3. The maximum atomic E-state index is 5.54. The fourth-order valence-electron chi connectivity index (χ4n) is 2.51. The molecule has 1 unspecified atom stereocenters. The van der Waals surface area contributed by atoms with E-state index in [2.05, 4.69) is 40.8 Å². The molecule has 106 valence electrons. The third kappa shape index (κ3) is 2.99. The van der Waals surface area contributed by atoms with Gasteiger partial charge in [0.25, 0.3) is 0 Å². The largest absolute Gasteiger partial charge is 0.493 e. The van der Waals surface area contributed by atoms with E-state index in [0.29, 0.717) is 6.04 Å². The molecule has 0 saturated heterocycles. The maximum absolute atomic E-state index is 5.54. The third-order valence-electron chi connectivity index (χ3n) is 3.70. The second-order valence-corrected chi connectivity index (χ2v) is 5.16. The molecule has 0 saturated carbocycles. The van der Waals surface area contributed by atoms with E-state index in [9.17, 15) is 0 Å². The zero-order chi connectivity index (χ0) is 13.8. The van der Waals surface area contributed by atoms with Crippen LogP contribution in [0, 0.1) is 0 Å². The lowest BCUT2D eigenvalue weighted by atomic mass is 10.0. The topological polar surface area (TPSA) is 52.0 Å². The predicted molar refractivity (Wildman–Crippen MR) is 76.7 cm³/mol. The SMILES string of the molecule is CC(NCCCn1ccnn1)c1ccc2c(c1)CCO2.